The molecule has 1 saturated heterocycles. The van der Waals surface area contributed by atoms with Crippen molar-refractivity contribution in [1.82, 2.24) is 4.90 Å². The number of hydrogen-bond donors (Lipinski definition) is 0. The monoisotopic (exact) mass is 349 g/mol. The van der Waals surface area contributed by atoms with Crippen molar-refractivity contribution in [2.24, 2.45) is 0 Å². The zero-order chi connectivity index (χ0) is 17.9. The lowest BCUT2D eigenvalue weighted by atomic mass is 9.97. The molecule has 0 aromatic heterocycles. The Morgan fingerprint density at radius 3 is 2.81 bits per heavy atom. The van der Waals surface area contributed by atoms with Crippen LogP contribution in [0.3, 0.4) is 0 Å². The van der Waals surface area contributed by atoms with E-state index in [1.165, 1.54) is 23.7 Å². The molecule has 4 rings (SSSR count). The summed E-state index contributed by atoms with van der Waals surface area (Å²) in [6, 6.07) is 14.1. The number of Topliss-reactive ketones (excluding diaryl/α,β-unsaturated/α-hetero) is 1. The largest absolute Gasteiger partial charge is 0.458 e. The Bertz CT molecular complexity index is 843. The number of ether oxygens (including phenoxy) is 2. The van der Waals surface area contributed by atoms with Crippen molar-refractivity contribution in [1.29, 1.82) is 0 Å². The van der Waals surface area contributed by atoms with E-state index in [0.717, 1.165) is 26.1 Å². The van der Waals surface area contributed by atoms with E-state index < -0.39 is 0 Å². The molecule has 4 heteroatoms. The van der Waals surface area contributed by atoms with Crippen LogP contribution < -0.4 is 9.47 Å². The fourth-order valence-electron chi connectivity index (χ4n) is 3.71. The maximum Gasteiger partial charge on any atom is 0.169 e. The first kappa shape index (κ1) is 16.9. The highest BCUT2D eigenvalue weighted by Crippen LogP contribution is 2.32. The van der Waals surface area contributed by atoms with Crippen LogP contribution in [0.4, 0.5) is 0 Å². The number of benzene rings is 2. The van der Waals surface area contributed by atoms with Gasteiger partial charge in [0, 0.05) is 25.1 Å². The third-order valence-corrected chi connectivity index (χ3v) is 5.15. The summed E-state index contributed by atoms with van der Waals surface area (Å²) in [5.41, 5.74) is 3.40. The topological polar surface area (TPSA) is 38.8 Å². The van der Waals surface area contributed by atoms with Crippen LogP contribution >= 0.6 is 0 Å². The van der Waals surface area contributed by atoms with Crippen molar-refractivity contribution < 1.29 is 14.3 Å². The van der Waals surface area contributed by atoms with Gasteiger partial charge in [-0.05, 0) is 49.6 Å². The summed E-state index contributed by atoms with van der Waals surface area (Å²) in [7, 11) is 0. The Hall–Kier alpha value is -2.59. The van der Waals surface area contributed by atoms with Crippen molar-refractivity contribution in [2.75, 3.05) is 19.6 Å². The van der Waals surface area contributed by atoms with E-state index in [1.54, 1.807) is 12.1 Å². The summed E-state index contributed by atoms with van der Waals surface area (Å²) < 4.78 is 10.7. The molecule has 0 aliphatic carbocycles. The highest BCUT2D eigenvalue weighted by molar-refractivity contribution is 5.96. The van der Waals surface area contributed by atoms with Crippen LogP contribution in [0.5, 0.6) is 11.5 Å². The van der Waals surface area contributed by atoms with Gasteiger partial charge in [-0.15, -0.1) is 0 Å². The molecule has 26 heavy (non-hydrogen) atoms. The van der Waals surface area contributed by atoms with E-state index in [1.807, 2.05) is 6.07 Å². The number of aryl methyl sites for hydroxylation is 1. The fraction of sp³-hybridized carbons (Fsp3) is 0.318. The summed E-state index contributed by atoms with van der Waals surface area (Å²) in [5.74, 6) is 1.96. The average molecular weight is 349 g/mol. The van der Waals surface area contributed by atoms with Gasteiger partial charge in [-0.1, -0.05) is 29.8 Å². The number of carbonyl (C=O) groups is 1. The van der Waals surface area contributed by atoms with Crippen molar-refractivity contribution in [3.8, 4) is 11.5 Å². The van der Waals surface area contributed by atoms with Gasteiger partial charge in [0.2, 0.25) is 0 Å². The minimum atomic E-state index is 0.143. The van der Waals surface area contributed by atoms with Crippen molar-refractivity contribution >= 4 is 5.78 Å². The molecule has 4 nitrogen and oxygen atoms in total. The number of hydrogen-bond acceptors (Lipinski definition) is 4. The van der Waals surface area contributed by atoms with Gasteiger partial charge in [-0.25, -0.2) is 0 Å². The second kappa shape index (κ2) is 7.34. The van der Waals surface area contributed by atoms with E-state index in [4.69, 9.17) is 9.47 Å². The second-order valence-corrected chi connectivity index (χ2v) is 7.04. The fourth-order valence-corrected chi connectivity index (χ4v) is 3.71. The quantitative estimate of drug-likeness (QED) is 0.755. The van der Waals surface area contributed by atoms with Gasteiger partial charge < -0.3 is 14.4 Å². The van der Waals surface area contributed by atoms with Crippen LogP contribution in [0, 0.1) is 6.92 Å². The molecule has 2 aliphatic rings. The Balaban J connectivity index is 1.33. The highest BCUT2D eigenvalue weighted by atomic mass is 16.5. The second-order valence-electron chi connectivity index (χ2n) is 7.04. The third kappa shape index (κ3) is 3.65. The van der Waals surface area contributed by atoms with Gasteiger partial charge in [0.05, 0.1) is 0 Å². The van der Waals surface area contributed by atoms with E-state index in [2.05, 4.69) is 36.1 Å². The SMILES string of the molecule is Cc1cccc(C2CCN(CCC(=O)c3ccc4c(c3)OC=CO4)C2)c1. The van der Waals surface area contributed by atoms with Gasteiger partial charge in [-0.3, -0.25) is 4.79 Å². The molecule has 1 unspecified atom stereocenters. The van der Waals surface area contributed by atoms with E-state index in [0.29, 0.717) is 29.4 Å². The Morgan fingerprint density at radius 2 is 1.96 bits per heavy atom. The number of carbonyl (C=O) groups excluding carboxylic acids is 1. The summed E-state index contributed by atoms with van der Waals surface area (Å²) in [6.45, 7) is 5.02. The molecule has 134 valence electrons. The number of ketones is 1. The maximum atomic E-state index is 12.5. The first-order valence-corrected chi connectivity index (χ1v) is 9.13. The van der Waals surface area contributed by atoms with Crippen molar-refractivity contribution in [2.45, 2.75) is 25.7 Å². The van der Waals surface area contributed by atoms with Gasteiger partial charge in [-0.2, -0.15) is 0 Å². The van der Waals surface area contributed by atoms with Crippen LogP contribution in [0.1, 0.15) is 40.2 Å². The molecule has 1 atom stereocenters. The maximum absolute atomic E-state index is 12.5. The lowest BCUT2D eigenvalue weighted by Gasteiger charge is -2.16. The number of likely N-dealkylation sites (tertiary alicyclic amines) is 1. The van der Waals surface area contributed by atoms with Crippen LogP contribution in [-0.4, -0.2) is 30.3 Å². The molecule has 0 saturated carbocycles. The van der Waals surface area contributed by atoms with Crippen LogP contribution in [0.15, 0.2) is 55.0 Å². The van der Waals surface area contributed by atoms with Crippen LogP contribution in [0.2, 0.25) is 0 Å². The molecule has 1 fully saturated rings. The summed E-state index contributed by atoms with van der Waals surface area (Å²) >= 11 is 0. The summed E-state index contributed by atoms with van der Waals surface area (Å²) in [4.78, 5) is 14.9. The molecular formula is C22H23NO3. The predicted octanol–water partition coefficient (Wildman–Crippen LogP) is 4.30. The molecule has 2 aromatic carbocycles. The Kier molecular flexibility index (Phi) is 4.76. The number of rotatable bonds is 5. The molecule has 0 N–H and O–H groups in total. The lowest BCUT2D eigenvalue weighted by molar-refractivity contribution is 0.0968. The van der Waals surface area contributed by atoms with Crippen LogP contribution in [0.25, 0.3) is 0 Å². The number of fused-ring (bicyclic) bond motifs is 1. The van der Waals surface area contributed by atoms with Gasteiger partial charge in [0.25, 0.3) is 0 Å². The van der Waals surface area contributed by atoms with E-state index in [-0.39, 0.29) is 5.78 Å². The van der Waals surface area contributed by atoms with Crippen molar-refractivity contribution in [3.05, 3.63) is 71.7 Å². The van der Waals surface area contributed by atoms with E-state index >= 15 is 0 Å². The summed E-state index contributed by atoms with van der Waals surface area (Å²) in [6.07, 6.45) is 4.65. The smallest absolute Gasteiger partial charge is 0.169 e. The first-order chi connectivity index (χ1) is 12.7. The van der Waals surface area contributed by atoms with E-state index in [9.17, 15) is 4.79 Å². The highest BCUT2D eigenvalue weighted by Gasteiger charge is 2.24. The molecule has 0 spiro atoms. The minimum Gasteiger partial charge on any atom is -0.458 e. The van der Waals surface area contributed by atoms with Gasteiger partial charge in [0.1, 0.15) is 12.5 Å². The van der Waals surface area contributed by atoms with Gasteiger partial charge in [0.15, 0.2) is 17.3 Å². The average Bonchev–Trinajstić information content (AvgIpc) is 3.15. The number of nitrogens with zero attached hydrogens (tertiary/aromatic N) is 1. The third-order valence-electron chi connectivity index (χ3n) is 5.15. The zero-order valence-electron chi connectivity index (χ0n) is 15.0. The molecule has 0 amide bonds. The molecule has 2 heterocycles. The Labute approximate surface area is 154 Å². The standard InChI is InChI=1S/C22H23NO3/c1-16-3-2-4-17(13-16)19-7-9-23(15-19)10-8-20(24)18-5-6-21-22(14-18)26-12-11-25-21/h2-6,11-14,19H,7-10,15H2,1H3. The minimum absolute atomic E-state index is 0.143. The molecule has 0 bridgehead atoms. The van der Waals surface area contributed by atoms with Gasteiger partial charge >= 0.3 is 0 Å². The van der Waals surface area contributed by atoms with Crippen LogP contribution in [-0.2, 0) is 0 Å². The normalized spacial score (nSPS) is 18.9. The molecular weight excluding hydrogens is 326 g/mol. The lowest BCUT2D eigenvalue weighted by Crippen LogP contribution is -2.23. The molecule has 2 aliphatic heterocycles. The van der Waals surface area contributed by atoms with Crippen molar-refractivity contribution in [3.63, 3.8) is 0 Å². The first-order valence-electron chi connectivity index (χ1n) is 9.13. The molecule has 2 aromatic rings. The zero-order valence-corrected chi connectivity index (χ0v) is 15.0. The molecule has 0 radical (unpaired) electrons. The predicted molar refractivity (Wildman–Crippen MR) is 101 cm³/mol. The Morgan fingerprint density at radius 1 is 1.12 bits per heavy atom. The summed E-state index contributed by atoms with van der Waals surface area (Å²) in [5, 5.41) is 0.